The van der Waals surface area contributed by atoms with Crippen LogP contribution >= 0.6 is 0 Å². The summed E-state index contributed by atoms with van der Waals surface area (Å²) in [5.41, 5.74) is 4.64. The lowest BCUT2D eigenvalue weighted by Gasteiger charge is -2.28. The second kappa shape index (κ2) is 6.51. The smallest absolute Gasteiger partial charge is 0.143 e. The van der Waals surface area contributed by atoms with Gasteiger partial charge in [-0.25, -0.2) is 9.97 Å². The van der Waals surface area contributed by atoms with E-state index in [4.69, 9.17) is 9.26 Å². The third-order valence-electron chi connectivity index (χ3n) is 5.65. The minimum Gasteiger partial charge on any atom is -0.496 e. The Bertz CT molecular complexity index is 1150. The molecule has 28 heavy (non-hydrogen) atoms. The largest absolute Gasteiger partial charge is 0.496 e. The normalized spacial score (nSPS) is 14.9. The van der Waals surface area contributed by atoms with Gasteiger partial charge >= 0.3 is 0 Å². The first-order chi connectivity index (χ1) is 13.7. The molecule has 0 aliphatic carbocycles. The maximum absolute atomic E-state index is 5.75. The molecular formula is C21H23N5O2. The van der Waals surface area contributed by atoms with Gasteiger partial charge in [-0.2, -0.15) is 0 Å². The second-order valence-electron chi connectivity index (χ2n) is 7.39. The number of aromatic nitrogens is 4. The molecule has 1 aliphatic heterocycles. The molecule has 0 atom stereocenters. The SMILES string of the molecule is COc1cc2c(cc1-c1c(C)noc1C)[nH]c1ncnc(N3CCCCC3)c12. The van der Waals surface area contributed by atoms with Crippen molar-refractivity contribution in [1.29, 1.82) is 0 Å². The van der Waals surface area contributed by atoms with Gasteiger partial charge in [-0.15, -0.1) is 0 Å². The van der Waals surface area contributed by atoms with E-state index < -0.39 is 0 Å². The van der Waals surface area contributed by atoms with Gasteiger partial charge in [0.05, 0.1) is 23.8 Å². The monoisotopic (exact) mass is 377 g/mol. The lowest BCUT2D eigenvalue weighted by molar-refractivity contribution is 0.393. The number of aryl methyl sites for hydroxylation is 2. The number of rotatable bonds is 3. The van der Waals surface area contributed by atoms with Crippen LogP contribution < -0.4 is 9.64 Å². The van der Waals surface area contributed by atoms with Gasteiger partial charge in [-0.05, 0) is 45.2 Å². The molecule has 1 fully saturated rings. The average Bonchev–Trinajstić information content (AvgIpc) is 3.26. The molecule has 3 aromatic heterocycles. The van der Waals surface area contributed by atoms with Crippen molar-refractivity contribution in [2.24, 2.45) is 0 Å². The molecule has 1 aromatic carbocycles. The highest BCUT2D eigenvalue weighted by atomic mass is 16.5. The van der Waals surface area contributed by atoms with Crippen molar-refractivity contribution in [3.05, 3.63) is 29.9 Å². The highest BCUT2D eigenvalue weighted by Gasteiger charge is 2.22. The van der Waals surface area contributed by atoms with Crippen LogP contribution in [-0.2, 0) is 0 Å². The quantitative estimate of drug-likeness (QED) is 0.571. The zero-order valence-corrected chi connectivity index (χ0v) is 16.4. The van der Waals surface area contributed by atoms with E-state index >= 15 is 0 Å². The molecule has 1 N–H and O–H groups in total. The van der Waals surface area contributed by atoms with E-state index in [-0.39, 0.29) is 0 Å². The molecule has 7 heteroatoms. The Morgan fingerprint density at radius 3 is 2.64 bits per heavy atom. The number of piperidine rings is 1. The van der Waals surface area contributed by atoms with Gasteiger partial charge in [0.15, 0.2) is 0 Å². The summed E-state index contributed by atoms with van der Waals surface area (Å²) in [7, 11) is 1.69. The van der Waals surface area contributed by atoms with E-state index in [2.05, 4.69) is 37.1 Å². The second-order valence-corrected chi connectivity index (χ2v) is 7.39. The molecule has 0 saturated carbocycles. The number of nitrogens with one attached hydrogen (secondary N) is 1. The Labute approximate surface area is 162 Å². The van der Waals surface area contributed by atoms with Crippen molar-refractivity contribution >= 4 is 27.8 Å². The third-order valence-corrected chi connectivity index (χ3v) is 5.65. The number of H-pyrrole nitrogens is 1. The van der Waals surface area contributed by atoms with E-state index in [1.807, 2.05) is 13.8 Å². The maximum atomic E-state index is 5.75. The summed E-state index contributed by atoms with van der Waals surface area (Å²) in [4.78, 5) is 15.0. The summed E-state index contributed by atoms with van der Waals surface area (Å²) in [6.07, 6.45) is 5.34. The van der Waals surface area contributed by atoms with Crippen LogP contribution in [0.3, 0.4) is 0 Å². The van der Waals surface area contributed by atoms with Crippen LogP contribution in [-0.4, -0.2) is 40.3 Å². The Morgan fingerprint density at radius 2 is 1.93 bits per heavy atom. The molecule has 4 heterocycles. The molecule has 0 amide bonds. The highest BCUT2D eigenvalue weighted by molar-refractivity contribution is 6.12. The molecule has 0 spiro atoms. The van der Waals surface area contributed by atoms with Crippen LogP contribution in [0.4, 0.5) is 5.82 Å². The summed E-state index contributed by atoms with van der Waals surface area (Å²) in [5.74, 6) is 2.57. The van der Waals surface area contributed by atoms with Crippen molar-refractivity contribution in [2.45, 2.75) is 33.1 Å². The van der Waals surface area contributed by atoms with Gasteiger partial charge < -0.3 is 19.1 Å². The van der Waals surface area contributed by atoms with E-state index in [9.17, 15) is 0 Å². The van der Waals surface area contributed by atoms with Gasteiger partial charge in [0.1, 0.15) is 29.3 Å². The number of hydrogen-bond acceptors (Lipinski definition) is 6. The molecule has 1 aliphatic rings. The van der Waals surface area contributed by atoms with E-state index in [1.54, 1.807) is 13.4 Å². The number of nitrogens with zero attached hydrogens (tertiary/aromatic N) is 4. The predicted octanol–water partition coefficient (Wildman–Crippen LogP) is 4.38. The van der Waals surface area contributed by atoms with Crippen LogP contribution in [0.1, 0.15) is 30.7 Å². The van der Waals surface area contributed by atoms with Crippen LogP contribution in [0.15, 0.2) is 23.0 Å². The van der Waals surface area contributed by atoms with Crippen molar-refractivity contribution in [1.82, 2.24) is 20.1 Å². The van der Waals surface area contributed by atoms with Crippen molar-refractivity contribution in [2.75, 3.05) is 25.1 Å². The van der Waals surface area contributed by atoms with Crippen molar-refractivity contribution in [3.63, 3.8) is 0 Å². The van der Waals surface area contributed by atoms with Gasteiger partial charge in [-0.3, -0.25) is 0 Å². The van der Waals surface area contributed by atoms with Crippen molar-refractivity contribution < 1.29 is 9.26 Å². The number of benzene rings is 1. The fraction of sp³-hybridized carbons (Fsp3) is 0.381. The first-order valence-corrected chi connectivity index (χ1v) is 9.70. The lowest BCUT2D eigenvalue weighted by Crippen LogP contribution is -2.30. The van der Waals surface area contributed by atoms with Crippen molar-refractivity contribution in [3.8, 4) is 16.9 Å². The number of methoxy groups -OCH3 is 1. The van der Waals surface area contributed by atoms with E-state index in [0.29, 0.717) is 0 Å². The molecule has 144 valence electrons. The fourth-order valence-corrected chi connectivity index (χ4v) is 4.31. The molecule has 0 unspecified atom stereocenters. The van der Waals surface area contributed by atoms with Crippen LogP contribution in [0.25, 0.3) is 33.1 Å². The van der Waals surface area contributed by atoms with Crippen LogP contribution in [0, 0.1) is 13.8 Å². The zero-order valence-electron chi connectivity index (χ0n) is 16.4. The molecule has 7 nitrogen and oxygen atoms in total. The molecule has 0 radical (unpaired) electrons. The number of hydrogen-bond donors (Lipinski definition) is 1. The molecule has 0 bridgehead atoms. The summed E-state index contributed by atoms with van der Waals surface area (Å²) < 4.78 is 11.1. The third kappa shape index (κ3) is 2.53. The Hall–Kier alpha value is -3.09. The summed E-state index contributed by atoms with van der Waals surface area (Å²) >= 11 is 0. The molecular weight excluding hydrogens is 354 g/mol. The topological polar surface area (TPSA) is 80.1 Å². The predicted molar refractivity (Wildman–Crippen MR) is 109 cm³/mol. The van der Waals surface area contributed by atoms with Gasteiger partial charge in [0, 0.05) is 29.6 Å². The molecule has 5 rings (SSSR count). The van der Waals surface area contributed by atoms with Crippen LogP contribution in [0.2, 0.25) is 0 Å². The van der Waals surface area contributed by atoms with Gasteiger partial charge in [-0.1, -0.05) is 5.16 Å². The average molecular weight is 377 g/mol. The fourth-order valence-electron chi connectivity index (χ4n) is 4.31. The zero-order chi connectivity index (χ0) is 19.3. The first kappa shape index (κ1) is 17.0. The lowest BCUT2D eigenvalue weighted by atomic mass is 10.0. The highest BCUT2D eigenvalue weighted by Crippen LogP contribution is 2.41. The van der Waals surface area contributed by atoms with Gasteiger partial charge in [0.2, 0.25) is 0 Å². The van der Waals surface area contributed by atoms with Gasteiger partial charge in [0.25, 0.3) is 0 Å². The Kier molecular flexibility index (Phi) is 3.96. The first-order valence-electron chi connectivity index (χ1n) is 9.70. The summed E-state index contributed by atoms with van der Waals surface area (Å²) in [6, 6.07) is 4.18. The number of aromatic amines is 1. The number of anilines is 1. The minimum absolute atomic E-state index is 0.778. The number of fused-ring (bicyclic) bond motifs is 3. The molecule has 4 aromatic rings. The van der Waals surface area contributed by atoms with E-state index in [1.165, 1.54) is 19.3 Å². The Balaban J connectivity index is 1.77. The van der Waals surface area contributed by atoms with Crippen LogP contribution in [0.5, 0.6) is 5.75 Å². The molecule has 1 saturated heterocycles. The summed E-state index contributed by atoms with van der Waals surface area (Å²) in [5, 5.41) is 6.23. The number of ether oxygens (including phenoxy) is 1. The van der Waals surface area contributed by atoms with E-state index in [0.717, 1.165) is 69.2 Å². The maximum Gasteiger partial charge on any atom is 0.143 e. The minimum atomic E-state index is 0.778. The Morgan fingerprint density at radius 1 is 1.11 bits per heavy atom. The standard InChI is InChI=1S/C21H23N5O2/c1-12-18(13(2)28-25-12)15-9-16-14(10-17(15)27-3)19-20(24-16)22-11-23-21(19)26-7-5-4-6-8-26/h9-11H,4-8H2,1-3H3,(H,22,23,24). The summed E-state index contributed by atoms with van der Waals surface area (Å²) in [6.45, 7) is 5.94.